The van der Waals surface area contributed by atoms with Gasteiger partial charge in [-0.2, -0.15) is 0 Å². The fourth-order valence-electron chi connectivity index (χ4n) is 1.94. The Morgan fingerprint density at radius 1 is 1.05 bits per heavy atom. The van der Waals surface area contributed by atoms with Crippen molar-refractivity contribution in [2.75, 3.05) is 26.3 Å². The van der Waals surface area contributed by atoms with Gasteiger partial charge in [-0.15, -0.1) is 0 Å². The Morgan fingerprint density at radius 3 is 2.30 bits per heavy atom. The Bertz CT molecular complexity index is 349. The van der Waals surface area contributed by atoms with Gasteiger partial charge in [-0.3, -0.25) is 0 Å². The smallest absolute Gasteiger partial charge is 0.0950 e. The molecular formula is C17H29NO2. The molecule has 0 radical (unpaired) electrons. The van der Waals surface area contributed by atoms with Crippen LogP contribution in [0.15, 0.2) is 24.3 Å². The molecule has 1 aromatic rings. The topological polar surface area (TPSA) is 30.5 Å². The van der Waals surface area contributed by atoms with Crippen LogP contribution in [0.4, 0.5) is 0 Å². The Morgan fingerprint density at radius 2 is 1.70 bits per heavy atom. The molecule has 3 nitrogen and oxygen atoms in total. The summed E-state index contributed by atoms with van der Waals surface area (Å²) in [6.45, 7) is 11.5. The Balaban J connectivity index is 2.48. The largest absolute Gasteiger partial charge is 0.376 e. The Hall–Kier alpha value is -0.900. The van der Waals surface area contributed by atoms with Gasteiger partial charge in [-0.1, -0.05) is 36.8 Å². The number of rotatable bonds is 10. The van der Waals surface area contributed by atoms with Crippen LogP contribution >= 0.6 is 0 Å². The van der Waals surface area contributed by atoms with E-state index in [1.807, 2.05) is 13.8 Å². The molecule has 0 saturated carbocycles. The summed E-state index contributed by atoms with van der Waals surface area (Å²) in [4.78, 5) is 0. The summed E-state index contributed by atoms with van der Waals surface area (Å²) in [6.07, 6.45) is 1.49. The van der Waals surface area contributed by atoms with Crippen LogP contribution in [0.1, 0.15) is 44.4 Å². The molecule has 0 heterocycles. The Kier molecular flexibility index (Phi) is 8.51. The minimum Gasteiger partial charge on any atom is -0.376 e. The normalized spacial score (nSPS) is 12.8. The molecule has 20 heavy (non-hydrogen) atoms. The van der Waals surface area contributed by atoms with E-state index in [2.05, 4.69) is 43.4 Å². The van der Waals surface area contributed by atoms with E-state index in [4.69, 9.17) is 9.47 Å². The summed E-state index contributed by atoms with van der Waals surface area (Å²) in [5.41, 5.74) is 2.50. The number of ether oxygens (including phenoxy) is 2. The van der Waals surface area contributed by atoms with E-state index >= 15 is 0 Å². The van der Waals surface area contributed by atoms with Gasteiger partial charge in [0.1, 0.15) is 0 Å². The minimum absolute atomic E-state index is 0.0953. The SMILES string of the molecule is CCCNCC(OCCOC(C)C)c1ccc(C)cc1. The maximum absolute atomic E-state index is 5.98. The molecule has 0 aliphatic carbocycles. The van der Waals surface area contributed by atoms with Crippen molar-refractivity contribution in [3.63, 3.8) is 0 Å². The molecule has 0 spiro atoms. The van der Waals surface area contributed by atoms with E-state index in [-0.39, 0.29) is 12.2 Å². The van der Waals surface area contributed by atoms with Crippen LogP contribution in [0.3, 0.4) is 0 Å². The molecule has 1 rings (SSSR count). The van der Waals surface area contributed by atoms with Crippen molar-refractivity contribution >= 4 is 0 Å². The van der Waals surface area contributed by atoms with E-state index in [0.717, 1.165) is 19.5 Å². The fraction of sp³-hybridized carbons (Fsp3) is 0.647. The van der Waals surface area contributed by atoms with E-state index in [1.54, 1.807) is 0 Å². The van der Waals surface area contributed by atoms with Crippen molar-refractivity contribution in [2.24, 2.45) is 0 Å². The highest BCUT2D eigenvalue weighted by Crippen LogP contribution is 2.17. The molecule has 1 unspecified atom stereocenters. The molecule has 3 heteroatoms. The van der Waals surface area contributed by atoms with Gasteiger partial charge in [-0.25, -0.2) is 0 Å². The van der Waals surface area contributed by atoms with Crippen molar-refractivity contribution < 1.29 is 9.47 Å². The summed E-state index contributed by atoms with van der Waals surface area (Å²) in [6, 6.07) is 8.57. The number of nitrogens with one attached hydrogen (secondary N) is 1. The molecule has 0 bridgehead atoms. The van der Waals surface area contributed by atoms with Gasteiger partial charge in [0.25, 0.3) is 0 Å². The summed E-state index contributed by atoms with van der Waals surface area (Å²) < 4.78 is 11.5. The predicted octanol–water partition coefficient (Wildman–Crippen LogP) is 3.48. The molecular weight excluding hydrogens is 250 g/mol. The van der Waals surface area contributed by atoms with Crippen LogP contribution in [0.2, 0.25) is 0 Å². The second kappa shape index (κ2) is 9.92. The number of hydrogen-bond donors (Lipinski definition) is 1. The average molecular weight is 279 g/mol. The molecule has 0 fully saturated rings. The molecule has 0 aliphatic heterocycles. The molecule has 0 saturated heterocycles. The highest BCUT2D eigenvalue weighted by atomic mass is 16.5. The average Bonchev–Trinajstić information content (AvgIpc) is 2.42. The van der Waals surface area contributed by atoms with Crippen LogP contribution in [0, 0.1) is 6.92 Å². The minimum atomic E-state index is 0.0953. The highest BCUT2D eigenvalue weighted by Gasteiger charge is 2.11. The quantitative estimate of drug-likeness (QED) is 0.665. The number of benzene rings is 1. The summed E-state index contributed by atoms with van der Waals surface area (Å²) >= 11 is 0. The maximum Gasteiger partial charge on any atom is 0.0950 e. The van der Waals surface area contributed by atoms with Gasteiger partial charge in [0.05, 0.1) is 25.4 Å². The first-order valence-electron chi connectivity index (χ1n) is 7.64. The van der Waals surface area contributed by atoms with Crippen LogP contribution in [0.5, 0.6) is 0 Å². The zero-order valence-electron chi connectivity index (χ0n) is 13.3. The molecule has 1 N–H and O–H groups in total. The lowest BCUT2D eigenvalue weighted by molar-refractivity contribution is -0.0129. The zero-order valence-corrected chi connectivity index (χ0v) is 13.3. The van der Waals surface area contributed by atoms with Gasteiger partial charge < -0.3 is 14.8 Å². The first-order valence-corrected chi connectivity index (χ1v) is 7.64. The third-order valence-corrected chi connectivity index (χ3v) is 3.06. The molecule has 0 aliphatic rings. The lowest BCUT2D eigenvalue weighted by atomic mass is 10.1. The lowest BCUT2D eigenvalue weighted by Gasteiger charge is -2.19. The first-order chi connectivity index (χ1) is 9.63. The monoisotopic (exact) mass is 279 g/mol. The third kappa shape index (κ3) is 7.04. The van der Waals surface area contributed by atoms with Gasteiger partial charge in [0.15, 0.2) is 0 Å². The fourth-order valence-corrected chi connectivity index (χ4v) is 1.94. The van der Waals surface area contributed by atoms with Gasteiger partial charge in [-0.05, 0) is 39.3 Å². The summed E-state index contributed by atoms with van der Waals surface area (Å²) in [5, 5.41) is 3.43. The van der Waals surface area contributed by atoms with Crippen LogP contribution < -0.4 is 5.32 Å². The lowest BCUT2D eigenvalue weighted by Crippen LogP contribution is -2.25. The molecule has 1 aromatic carbocycles. The molecule has 0 aromatic heterocycles. The van der Waals surface area contributed by atoms with Crippen molar-refractivity contribution in [3.8, 4) is 0 Å². The van der Waals surface area contributed by atoms with Crippen molar-refractivity contribution in [1.29, 1.82) is 0 Å². The first kappa shape index (κ1) is 17.2. The third-order valence-electron chi connectivity index (χ3n) is 3.06. The molecule has 0 amide bonds. The van der Waals surface area contributed by atoms with Crippen molar-refractivity contribution in [2.45, 2.75) is 46.3 Å². The van der Waals surface area contributed by atoms with Crippen LogP contribution in [-0.2, 0) is 9.47 Å². The predicted molar refractivity (Wildman–Crippen MR) is 84.1 cm³/mol. The van der Waals surface area contributed by atoms with Crippen molar-refractivity contribution in [3.05, 3.63) is 35.4 Å². The van der Waals surface area contributed by atoms with E-state index in [1.165, 1.54) is 11.1 Å². The standard InChI is InChI=1S/C17H29NO2/c1-5-10-18-13-17(20-12-11-19-14(2)3)16-8-6-15(4)7-9-16/h6-9,14,17-18H,5,10-13H2,1-4H3. The van der Waals surface area contributed by atoms with Gasteiger partial charge in [0.2, 0.25) is 0 Å². The molecule has 114 valence electrons. The van der Waals surface area contributed by atoms with E-state index in [0.29, 0.717) is 13.2 Å². The van der Waals surface area contributed by atoms with Crippen LogP contribution in [0.25, 0.3) is 0 Å². The maximum atomic E-state index is 5.98. The summed E-state index contributed by atoms with van der Waals surface area (Å²) in [5.74, 6) is 0. The summed E-state index contributed by atoms with van der Waals surface area (Å²) in [7, 11) is 0. The number of aryl methyl sites for hydroxylation is 1. The van der Waals surface area contributed by atoms with E-state index in [9.17, 15) is 0 Å². The Labute approximate surface area is 123 Å². The van der Waals surface area contributed by atoms with E-state index < -0.39 is 0 Å². The van der Waals surface area contributed by atoms with Crippen LogP contribution in [-0.4, -0.2) is 32.4 Å². The highest BCUT2D eigenvalue weighted by molar-refractivity contribution is 5.23. The zero-order chi connectivity index (χ0) is 14.8. The van der Waals surface area contributed by atoms with Crippen molar-refractivity contribution in [1.82, 2.24) is 5.32 Å². The van der Waals surface area contributed by atoms with Gasteiger partial charge >= 0.3 is 0 Å². The van der Waals surface area contributed by atoms with Gasteiger partial charge in [0, 0.05) is 6.54 Å². The second-order valence-corrected chi connectivity index (χ2v) is 5.39. The molecule has 1 atom stereocenters. The number of hydrogen-bond acceptors (Lipinski definition) is 3. The second-order valence-electron chi connectivity index (χ2n) is 5.39.